The van der Waals surface area contributed by atoms with E-state index in [0.29, 0.717) is 24.2 Å². The maximum Gasteiger partial charge on any atom is 0.418 e. The number of hydrogen-bond acceptors (Lipinski definition) is 6. The monoisotopic (exact) mass is 586 g/mol. The first-order valence-electron chi connectivity index (χ1n) is 16.2. The van der Waals surface area contributed by atoms with Gasteiger partial charge in [-0.1, -0.05) is 102 Å². The highest BCUT2D eigenvalue weighted by atomic mass is 16.6. The molecule has 0 aliphatic carbocycles. The SMILES string of the molecule is CCCCCCCCCCCCCCCc1cccc(CO)c1C1C(CC(C)OC=O)=C(C)NC(=O)N1C(=O)OCC. The number of aliphatic hydroxyl groups excluding tert-OH is 1. The number of nitrogens with one attached hydrogen (secondary N) is 1. The molecule has 8 heteroatoms. The Kier molecular flexibility index (Phi) is 16.9. The summed E-state index contributed by atoms with van der Waals surface area (Å²) >= 11 is 0. The fraction of sp³-hybridized carbons (Fsp3) is 0.676. The van der Waals surface area contributed by atoms with Crippen molar-refractivity contribution in [3.8, 4) is 0 Å². The highest BCUT2D eigenvalue weighted by Crippen LogP contribution is 2.40. The Hall–Kier alpha value is -2.87. The van der Waals surface area contributed by atoms with Crippen LogP contribution in [0, 0.1) is 0 Å². The molecule has 2 rings (SSSR count). The van der Waals surface area contributed by atoms with E-state index < -0.39 is 24.3 Å². The number of unbranched alkanes of at least 4 members (excludes halogenated alkanes) is 12. The van der Waals surface area contributed by atoms with E-state index in [4.69, 9.17) is 9.47 Å². The van der Waals surface area contributed by atoms with Gasteiger partial charge in [0.2, 0.25) is 0 Å². The van der Waals surface area contributed by atoms with E-state index in [2.05, 4.69) is 12.2 Å². The summed E-state index contributed by atoms with van der Waals surface area (Å²) in [4.78, 5) is 38.4. The third-order valence-corrected chi connectivity index (χ3v) is 8.12. The summed E-state index contributed by atoms with van der Waals surface area (Å²) in [6, 6.07) is 4.40. The van der Waals surface area contributed by atoms with Crippen LogP contribution in [0.2, 0.25) is 0 Å². The first-order chi connectivity index (χ1) is 20.4. The molecule has 0 bridgehead atoms. The van der Waals surface area contributed by atoms with Crippen molar-refractivity contribution in [2.45, 2.75) is 143 Å². The minimum absolute atomic E-state index is 0.117. The number of ether oxygens (including phenoxy) is 2. The molecule has 236 valence electrons. The Morgan fingerprint density at radius 2 is 1.55 bits per heavy atom. The molecule has 2 atom stereocenters. The van der Waals surface area contributed by atoms with Gasteiger partial charge in [-0.15, -0.1) is 0 Å². The van der Waals surface area contributed by atoms with Crippen LogP contribution in [0.3, 0.4) is 0 Å². The van der Waals surface area contributed by atoms with Crippen LogP contribution in [0.15, 0.2) is 29.5 Å². The van der Waals surface area contributed by atoms with Crippen LogP contribution in [0.4, 0.5) is 9.59 Å². The zero-order chi connectivity index (χ0) is 30.7. The van der Waals surface area contributed by atoms with Gasteiger partial charge in [-0.05, 0) is 55.9 Å². The second-order valence-electron chi connectivity index (χ2n) is 11.4. The van der Waals surface area contributed by atoms with Crippen molar-refractivity contribution in [3.63, 3.8) is 0 Å². The Balaban J connectivity index is 2.13. The molecule has 1 aliphatic heterocycles. The van der Waals surface area contributed by atoms with Crippen molar-refractivity contribution in [1.82, 2.24) is 10.2 Å². The molecule has 0 fully saturated rings. The van der Waals surface area contributed by atoms with Crippen LogP contribution in [0.5, 0.6) is 0 Å². The maximum absolute atomic E-state index is 13.2. The average Bonchev–Trinajstić information content (AvgIpc) is 2.96. The molecule has 1 aromatic carbocycles. The Morgan fingerprint density at radius 3 is 2.10 bits per heavy atom. The summed E-state index contributed by atoms with van der Waals surface area (Å²) in [5.41, 5.74) is 3.74. The standard InChI is InChI=1S/C34H54N2O6/c1-5-7-8-9-10-11-12-13-14-15-16-17-18-20-28-21-19-22-29(24-37)31(28)32-30(23-26(3)42-25-38)27(4)35-33(39)36(32)34(40)41-6-2/h19,21-22,25-26,32,37H,5-18,20,23-24H2,1-4H3,(H,35,39). The second kappa shape index (κ2) is 20.1. The molecule has 0 saturated heterocycles. The molecule has 0 radical (unpaired) electrons. The molecule has 0 spiro atoms. The van der Waals surface area contributed by atoms with Crippen molar-refractivity contribution in [3.05, 3.63) is 46.2 Å². The van der Waals surface area contributed by atoms with Crippen LogP contribution >= 0.6 is 0 Å². The number of hydrogen-bond donors (Lipinski definition) is 2. The number of urea groups is 1. The van der Waals surface area contributed by atoms with Gasteiger partial charge in [-0.3, -0.25) is 4.79 Å². The van der Waals surface area contributed by atoms with E-state index in [0.717, 1.165) is 40.9 Å². The van der Waals surface area contributed by atoms with Crippen LogP contribution in [0.1, 0.15) is 140 Å². The van der Waals surface area contributed by atoms with Gasteiger partial charge in [0.1, 0.15) is 6.10 Å². The highest BCUT2D eigenvalue weighted by molar-refractivity contribution is 5.94. The number of aliphatic hydroxyl groups is 1. The lowest BCUT2D eigenvalue weighted by Crippen LogP contribution is -2.51. The molecule has 8 nitrogen and oxygen atoms in total. The van der Waals surface area contributed by atoms with Crippen molar-refractivity contribution < 1.29 is 29.0 Å². The van der Waals surface area contributed by atoms with Gasteiger partial charge in [0.25, 0.3) is 6.47 Å². The molecule has 1 aromatic rings. The first kappa shape index (κ1) is 35.3. The smallest absolute Gasteiger partial charge is 0.418 e. The van der Waals surface area contributed by atoms with Gasteiger partial charge < -0.3 is 19.9 Å². The van der Waals surface area contributed by atoms with Gasteiger partial charge in [-0.25, -0.2) is 14.5 Å². The number of carbonyl (C=O) groups is 3. The molecule has 2 unspecified atom stereocenters. The van der Waals surface area contributed by atoms with Crippen LogP contribution < -0.4 is 5.32 Å². The first-order valence-corrected chi connectivity index (χ1v) is 16.2. The van der Waals surface area contributed by atoms with Crippen molar-refractivity contribution in [2.24, 2.45) is 0 Å². The number of aryl methyl sites for hydroxylation is 1. The van der Waals surface area contributed by atoms with Crippen LogP contribution in [-0.4, -0.2) is 41.3 Å². The van der Waals surface area contributed by atoms with Gasteiger partial charge in [0.05, 0.1) is 19.3 Å². The van der Waals surface area contributed by atoms with Gasteiger partial charge >= 0.3 is 12.1 Å². The van der Waals surface area contributed by atoms with Crippen molar-refractivity contribution in [2.75, 3.05) is 6.61 Å². The van der Waals surface area contributed by atoms with E-state index in [-0.39, 0.29) is 13.2 Å². The number of amides is 3. The van der Waals surface area contributed by atoms with E-state index in [9.17, 15) is 19.5 Å². The Labute approximate surface area is 253 Å². The fourth-order valence-electron chi connectivity index (χ4n) is 5.89. The van der Waals surface area contributed by atoms with E-state index in [1.807, 2.05) is 18.2 Å². The van der Waals surface area contributed by atoms with Crippen LogP contribution in [-0.2, 0) is 27.3 Å². The number of imide groups is 1. The quantitative estimate of drug-likeness (QED) is 0.111. The summed E-state index contributed by atoms with van der Waals surface area (Å²) in [6.07, 6.45) is 16.4. The minimum Gasteiger partial charge on any atom is -0.465 e. The van der Waals surface area contributed by atoms with Crippen LogP contribution in [0.25, 0.3) is 0 Å². The zero-order valence-corrected chi connectivity index (χ0v) is 26.4. The summed E-state index contributed by atoms with van der Waals surface area (Å²) < 4.78 is 10.5. The van der Waals surface area contributed by atoms with E-state index in [1.165, 1.54) is 70.6 Å². The molecular weight excluding hydrogens is 532 g/mol. The lowest BCUT2D eigenvalue weighted by Gasteiger charge is -2.39. The number of rotatable bonds is 21. The van der Waals surface area contributed by atoms with E-state index >= 15 is 0 Å². The largest absolute Gasteiger partial charge is 0.465 e. The third-order valence-electron chi connectivity index (χ3n) is 8.12. The molecule has 1 heterocycles. The molecule has 0 saturated carbocycles. The second-order valence-corrected chi connectivity index (χ2v) is 11.4. The average molecular weight is 587 g/mol. The minimum atomic E-state index is -0.782. The number of carbonyl (C=O) groups excluding carboxylic acids is 3. The lowest BCUT2D eigenvalue weighted by atomic mass is 9.84. The van der Waals surface area contributed by atoms with Gasteiger partial charge in [0.15, 0.2) is 0 Å². The van der Waals surface area contributed by atoms with E-state index in [1.54, 1.807) is 20.8 Å². The highest BCUT2D eigenvalue weighted by Gasteiger charge is 2.41. The third kappa shape index (κ3) is 11.1. The van der Waals surface area contributed by atoms with Crippen molar-refractivity contribution in [1.29, 1.82) is 0 Å². The predicted molar refractivity (Wildman–Crippen MR) is 166 cm³/mol. The Morgan fingerprint density at radius 1 is 0.976 bits per heavy atom. The number of allylic oxidation sites excluding steroid dienone is 1. The molecule has 1 aliphatic rings. The number of nitrogens with zero attached hydrogens (tertiary/aromatic N) is 1. The normalized spacial score (nSPS) is 15.9. The Bertz CT molecular complexity index is 1010. The molecule has 2 N–H and O–H groups in total. The molecule has 0 aromatic heterocycles. The maximum atomic E-state index is 13.2. The summed E-state index contributed by atoms with van der Waals surface area (Å²) in [5, 5.41) is 13.1. The summed E-state index contributed by atoms with van der Waals surface area (Å²) in [5.74, 6) is 0. The molecular formula is C34H54N2O6. The van der Waals surface area contributed by atoms with Crippen molar-refractivity contribution >= 4 is 18.6 Å². The summed E-state index contributed by atoms with van der Waals surface area (Å²) in [7, 11) is 0. The fourth-order valence-corrected chi connectivity index (χ4v) is 5.89. The number of benzene rings is 1. The zero-order valence-electron chi connectivity index (χ0n) is 26.4. The van der Waals surface area contributed by atoms with Gasteiger partial charge in [-0.2, -0.15) is 0 Å². The molecule has 3 amide bonds. The summed E-state index contributed by atoms with van der Waals surface area (Å²) in [6.45, 7) is 7.79. The van der Waals surface area contributed by atoms with Gasteiger partial charge in [0, 0.05) is 12.1 Å². The molecule has 42 heavy (non-hydrogen) atoms. The lowest BCUT2D eigenvalue weighted by molar-refractivity contribution is -0.132. The predicted octanol–water partition coefficient (Wildman–Crippen LogP) is 8.26. The topological polar surface area (TPSA) is 105 Å².